The van der Waals surface area contributed by atoms with Gasteiger partial charge in [-0.3, -0.25) is 14.4 Å². The third-order valence-electron chi connectivity index (χ3n) is 3.85. The van der Waals surface area contributed by atoms with Crippen molar-refractivity contribution >= 4 is 11.7 Å². The minimum Gasteiger partial charge on any atom is -0.383 e. The standard InChI is InChI=1S/C12H19N5O/c1-16-11(13)10(6-14-16)12(18)15-8-4-5-17(7-8)9-2-3-9/h6,8-9H,2-5,7,13H2,1H3,(H,15,18). The maximum absolute atomic E-state index is 12.1. The molecule has 6 nitrogen and oxygen atoms in total. The smallest absolute Gasteiger partial charge is 0.256 e. The van der Waals surface area contributed by atoms with E-state index in [0.29, 0.717) is 11.4 Å². The molecule has 2 aliphatic rings. The molecule has 3 rings (SSSR count). The Labute approximate surface area is 106 Å². The van der Waals surface area contributed by atoms with Gasteiger partial charge in [-0.25, -0.2) is 0 Å². The van der Waals surface area contributed by atoms with Crippen molar-refractivity contribution < 1.29 is 4.79 Å². The molecule has 2 fully saturated rings. The zero-order chi connectivity index (χ0) is 12.7. The molecule has 18 heavy (non-hydrogen) atoms. The number of carbonyl (C=O) groups is 1. The lowest BCUT2D eigenvalue weighted by atomic mass is 10.2. The highest BCUT2D eigenvalue weighted by Gasteiger charge is 2.35. The highest BCUT2D eigenvalue weighted by Crippen LogP contribution is 2.29. The van der Waals surface area contributed by atoms with Crippen molar-refractivity contribution in [2.45, 2.75) is 31.3 Å². The first kappa shape index (κ1) is 11.5. The molecule has 0 aromatic carbocycles. The molecule has 1 saturated heterocycles. The average Bonchev–Trinajstić information content (AvgIpc) is 3.01. The predicted octanol–water partition coefficient (Wildman–Crippen LogP) is -0.0312. The molecular weight excluding hydrogens is 230 g/mol. The van der Waals surface area contributed by atoms with Gasteiger partial charge >= 0.3 is 0 Å². The number of aromatic nitrogens is 2. The minimum absolute atomic E-state index is 0.108. The molecule has 6 heteroatoms. The Bertz CT molecular complexity index is 465. The molecule has 0 radical (unpaired) electrons. The van der Waals surface area contributed by atoms with E-state index >= 15 is 0 Å². The van der Waals surface area contributed by atoms with E-state index < -0.39 is 0 Å². The lowest BCUT2D eigenvalue weighted by molar-refractivity contribution is 0.0938. The topological polar surface area (TPSA) is 76.2 Å². The lowest BCUT2D eigenvalue weighted by Gasteiger charge is -2.15. The molecule has 1 aromatic rings. The summed E-state index contributed by atoms with van der Waals surface area (Å²) in [6.45, 7) is 2.06. The number of amides is 1. The Balaban J connectivity index is 1.59. The quantitative estimate of drug-likeness (QED) is 0.788. The van der Waals surface area contributed by atoms with Crippen molar-refractivity contribution in [2.75, 3.05) is 18.8 Å². The molecule has 3 N–H and O–H groups in total. The Morgan fingerprint density at radius 2 is 2.28 bits per heavy atom. The molecule has 0 spiro atoms. The van der Waals surface area contributed by atoms with E-state index in [9.17, 15) is 4.79 Å². The number of hydrogen-bond donors (Lipinski definition) is 2. The summed E-state index contributed by atoms with van der Waals surface area (Å²) in [5, 5.41) is 7.03. The van der Waals surface area contributed by atoms with Crippen LogP contribution in [-0.4, -0.2) is 45.8 Å². The van der Waals surface area contributed by atoms with Crippen molar-refractivity contribution in [3.05, 3.63) is 11.8 Å². The number of anilines is 1. The Morgan fingerprint density at radius 3 is 2.89 bits per heavy atom. The summed E-state index contributed by atoms with van der Waals surface area (Å²) in [5.41, 5.74) is 6.27. The number of nitrogens with one attached hydrogen (secondary N) is 1. The maximum Gasteiger partial charge on any atom is 0.256 e. The molecule has 98 valence electrons. The van der Waals surface area contributed by atoms with Gasteiger partial charge in [-0.1, -0.05) is 0 Å². The van der Waals surface area contributed by atoms with Crippen molar-refractivity contribution in [3.8, 4) is 0 Å². The van der Waals surface area contributed by atoms with E-state index in [1.165, 1.54) is 23.7 Å². The molecule has 1 saturated carbocycles. The van der Waals surface area contributed by atoms with Crippen LogP contribution in [0.4, 0.5) is 5.82 Å². The monoisotopic (exact) mass is 249 g/mol. The van der Waals surface area contributed by atoms with Crippen LogP contribution < -0.4 is 11.1 Å². The fourth-order valence-corrected chi connectivity index (χ4v) is 2.56. The van der Waals surface area contributed by atoms with Gasteiger partial charge in [0.2, 0.25) is 0 Å². The summed E-state index contributed by atoms with van der Waals surface area (Å²) in [6, 6.07) is 1.02. The van der Waals surface area contributed by atoms with Crippen LogP contribution in [0, 0.1) is 0 Å². The Hall–Kier alpha value is -1.56. The number of carbonyl (C=O) groups excluding carboxylic acids is 1. The molecule has 1 aromatic heterocycles. The molecule has 1 unspecified atom stereocenters. The summed E-state index contributed by atoms with van der Waals surface area (Å²) in [6.07, 6.45) is 5.19. The van der Waals surface area contributed by atoms with Crippen molar-refractivity contribution in [1.82, 2.24) is 20.0 Å². The summed E-state index contributed by atoms with van der Waals surface area (Å²) >= 11 is 0. The van der Waals surface area contributed by atoms with Crippen molar-refractivity contribution in [1.29, 1.82) is 0 Å². The zero-order valence-electron chi connectivity index (χ0n) is 10.6. The fourth-order valence-electron chi connectivity index (χ4n) is 2.56. The molecule has 1 aliphatic carbocycles. The van der Waals surface area contributed by atoms with Crippen LogP contribution in [-0.2, 0) is 7.05 Å². The number of likely N-dealkylation sites (tertiary alicyclic amines) is 1. The highest BCUT2D eigenvalue weighted by molar-refractivity contribution is 5.98. The van der Waals surface area contributed by atoms with Gasteiger partial charge in [0, 0.05) is 32.2 Å². The van der Waals surface area contributed by atoms with E-state index in [2.05, 4.69) is 15.3 Å². The summed E-state index contributed by atoms with van der Waals surface area (Å²) in [5.74, 6) is 0.313. The molecular formula is C12H19N5O. The average molecular weight is 249 g/mol. The van der Waals surface area contributed by atoms with Crippen LogP contribution in [0.25, 0.3) is 0 Å². The zero-order valence-corrected chi connectivity index (χ0v) is 10.6. The van der Waals surface area contributed by atoms with Crippen LogP contribution in [0.1, 0.15) is 29.6 Å². The minimum atomic E-state index is -0.108. The Kier molecular flexibility index (Phi) is 2.74. The van der Waals surface area contributed by atoms with E-state index in [0.717, 1.165) is 25.6 Å². The number of hydrogen-bond acceptors (Lipinski definition) is 4. The number of nitrogens with zero attached hydrogens (tertiary/aromatic N) is 3. The normalized spacial score (nSPS) is 24.4. The van der Waals surface area contributed by atoms with Crippen molar-refractivity contribution in [2.24, 2.45) is 7.05 Å². The van der Waals surface area contributed by atoms with Gasteiger partial charge < -0.3 is 11.1 Å². The predicted molar refractivity (Wildman–Crippen MR) is 68.1 cm³/mol. The third-order valence-corrected chi connectivity index (χ3v) is 3.85. The molecule has 2 heterocycles. The van der Waals surface area contributed by atoms with Crippen LogP contribution in [0.5, 0.6) is 0 Å². The third kappa shape index (κ3) is 2.08. The second-order valence-electron chi connectivity index (χ2n) is 5.25. The van der Waals surface area contributed by atoms with Crippen LogP contribution in [0.15, 0.2) is 6.20 Å². The molecule has 1 aliphatic heterocycles. The number of nitrogen functional groups attached to an aromatic ring is 1. The SMILES string of the molecule is Cn1ncc(C(=O)NC2CCN(C3CC3)C2)c1N. The van der Waals surface area contributed by atoms with Gasteiger partial charge in [-0.2, -0.15) is 5.10 Å². The number of rotatable bonds is 3. The molecule has 1 atom stereocenters. The number of aryl methyl sites for hydroxylation is 1. The summed E-state index contributed by atoms with van der Waals surface area (Å²) in [4.78, 5) is 14.5. The van der Waals surface area contributed by atoms with E-state index in [1.54, 1.807) is 7.05 Å². The first-order valence-corrected chi connectivity index (χ1v) is 6.47. The Morgan fingerprint density at radius 1 is 1.50 bits per heavy atom. The molecule has 1 amide bonds. The first-order chi connectivity index (χ1) is 8.65. The summed E-state index contributed by atoms with van der Waals surface area (Å²) in [7, 11) is 1.73. The second-order valence-corrected chi connectivity index (χ2v) is 5.25. The van der Waals surface area contributed by atoms with E-state index in [4.69, 9.17) is 5.73 Å². The van der Waals surface area contributed by atoms with Gasteiger partial charge in [0.25, 0.3) is 5.91 Å². The van der Waals surface area contributed by atoms with Gasteiger partial charge in [-0.15, -0.1) is 0 Å². The van der Waals surface area contributed by atoms with E-state index in [1.807, 2.05) is 0 Å². The highest BCUT2D eigenvalue weighted by atomic mass is 16.1. The lowest BCUT2D eigenvalue weighted by Crippen LogP contribution is -2.37. The van der Waals surface area contributed by atoms with Crippen LogP contribution in [0.2, 0.25) is 0 Å². The largest absolute Gasteiger partial charge is 0.383 e. The fraction of sp³-hybridized carbons (Fsp3) is 0.667. The summed E-state index contributed by atoms with van der Waals surface area (Å²) < 4.78 is 1.51. The van der Waals surface area contributed by atoms with Gasteiger partial charge in [0.15, 0.2) is 0 Å². The van der Waals surface area contributed by atoms with Gasteiger partial charge in [0.1, 0.15) is 11.4 Å². The number of nitrogens with two attached hydrogens (primary N) is 1. The maximum atomic E-state index is 12.1. The van der Waals surface area contributed by atoms with Gasteiger partial charge in [0.05, 0.1) is 6.20 Å². The first-order valence-electron chi connectivity index (χ1n) is 6.47. The molecule has 0 bridgehead atoms. The van der Waals surface area contributed by atoms with Crippen molar-refractivity contribution in [3.63, 3.8) is 0 Å². The van der Waals surface area contributed by atoms with E-state index in [-0.39, 0.29) is 11.9 Å². The van der Waals surface area contributed by atoms with Crippen LogP contribution in [0.3, 0.4) is 0 Å². The van der Waals surface area contributed by atoms with Crippen LogP contribution >= 0.6 is 0 Å². The van der Waals surface area contributed by atoms with Gasteiger partial charge in [-0.05, 0) is 19.3 Å². The second kappa shape index (κ2) is 4.28.